The molecule has 1 aromatic rings. The van der Waals surface area contributed by atoms with Crippen LogP contribution in [0.3, 0.4) is 0 Å². The van der Waals surface area contributed by atoms with Gasteiger partial charge in [0.2, 0.25) is 5.91 Å². The third-order valence-electron chi connectivity index (χ3n) is 5.55. The Bertz CT molecular complexity index is 639. The van der Waals surface area contributed by atoms with Crippen LogP contribution < -0.4 is 5.32 Å². The molecule has 2 fully saturated rings. The van der Waals surface area contributed by atoms with Gasteiger partial charge in [-0.2, -0.15) is 0 Å². The second-order valence-corrected chi connectivity index (χ2v) is 6.70. The second-order valence-electron chi connectivity index (χ2n) is 6.70. The minimum atomic E-state index is -0.829. The largest absolute Gasteiger partial charge is 0.481 e. The molecule has 4 heteroatoms. The molecule has 4 nitrogen and oxygen atoms in total. The van der Waals surface area contributed by atoms with Gasteiger partial charge in [-0.1, -0.05) is 42.5 Å². The Morgan fingerprint density at radius 3 is 2.32 bits per heavy atom. The second kappa shape index (κ2) is 4.97. The molecule has 0 aliphatic heterocycles. The van der Waals surface area contributed by atoms with Gasteiger partial charge in [0, 0.05) is 6.54 Å². The molecule has 0 saturated heterocycles. The van der Waals surface area contributed by atoms with Gasteiger partial charge in [0.1, 0.15) is 0 Å². The maximum Gasteiger partial charge on any atom is 0.307 e. The molecule has 5 rings (SSSR count). The molecule has 114 valence electrons. The van der Waals surface area contributed by atoms with Gasteiger partial charge in [0.15, 0.2) is 0 Å². The minimum Gasteiger partial charge on any atom is -0.481 e. The van der Waals surface area contributed by atoms with Crippen LogP contribution in [0.5, 0.6) is 0 Å². The van der Waals surface area contributed by atoms with Crippen molar-refractivity contribution >= 4 is 11.9 Å². The van der Waals surface area contributed by atoms with Crippen LogP contribution in [-0.2, 0) is 16.1 Å². The molecule has 0 spiro atoms. The fraction of sp³-hybridized carbons (Fsp3) is 0.444. The average Bonchev–Trinajstić information content (AvgIpc) is 3.35. The number of fused-ring (bicyclic) bond motifs is 1. The first kappa shape index (κ1) is 13.6. The summed E-state index contributed by atoms with van der Waals surface area (Å²) in [5, 5.41) is 12.5. The molecule has 1 aromatic carbocycles. The average molecular weight is 297 g/mol. The van der Waals surface area contributed by atoms with Crippen LogP contribution in [0.25, 0.3) is 0 Å². The summed E-state index contributed by atoms with van der Waals surface area (Å²) >= 11 is 0. The van der Waals surface area contributed by atoms with Crippen molar-refractivity contribution in [1.29, 1.82) is 0 Å². The van der Waals surface area contributed by atoms with E-state index < -0.39 is 17.8 Å². The van der Waals surface area contributed by atoms with Crippen molar-refractivity contribution in [2.75, 3.05) is 0 Å². The molecule has 0 aromatic heterocycles. The predicted molar refractivity (Wildman–Crippen MR) is 80.6 cm³/mol. The van der Waals surface area contributed by atoms with Gasteiger partial charge in [-0.3, -0.25) is 9.59 Å². The highest BCUT2D eigenvalue weighted by Crippen LogP contribution is 2.63. The van der Waals surface area contributed by atoms with E-state index in [0.717, 1.165) is 12.0 Å². The Labute approximate surface area is 129 Å². The van der Waals surface area contributed by atoms with Crippen molar-refractivity contribution in [2.45, 2.75) is 13.0 Å². The number of hydrogen-bond acceptors (Lipinski definition) is 2. The molecule has 2 saturated carbocycles. The Balaban J connectivity index is 1.51. The summed E-state index contributed by atoms with van der Waals surface area (Å²) in [6.45, 7) is 0.456. The number of nitrogens with one attached hydrogen (secondary N) is 1. The van der Waals surface area contributed by atoms with Gasteiger partial charge in [-0.25, -0.2) is 0 Å². The van der Waals surface area contributed by atoms with Gasteiger partial charge in [-0.15, -0.1) is 0 Å². The highest BCUT2D eigenvalue weighted by molar-refractivity contribution is 5.86. The topological polar surface area (TPSA) is 66.4 Å². The molecule has 22 heavy (non-hydrogen) atoms. The van der Waals surface area contributed by atoms with E-state index in [1.165, 1.54) is 0 Å². The minimum absolute atomic E-state index is 0.0416. The standard InChI is InChI=1S/C18H19NO3/c20-17(19-9-10-4-2-1-3-5-10)15-11-6-7-12(14-8-13(11)14)16(15)18(21)22/h1-7,11-16H,8-9H2,(H,19,20)(H,21,22)/t11-,12+,13+,14+,15-,16-/m0/s1. The maximum atomic E-state index is 12.6. The van der Waals surface area contributed by atoms with E-state index in [0.29, 0.717) is 18.4 Å². The van der Waals surface area contributed by atoms with E-state index in [1.54, 1.807) is 0 Å². The highest BCUT2D eigenvalue weighted by Gasteiger charge is 2.62. The van der Waals surface area contributed by atoms with Gasteiger partial charge in [0.25, 0.3) is 0 Å². The zero-order chi connectivity index (χ0) is 15.3. The van der Waals surface area contributed by atoms with E-state index >= 15 is 0 Å². The Hall–Kier alpha value is -2.10. The van der Waals surface area contributed by atoms with Gasteiger partial charge < -0.3 is 10.4 Å². The van der Waals surface area contributed by atoms with Gasteiger partial charge >= 0.3 is 5.97 Å². The number of aliphatic carboxylic acids is 1. The summed E-state index contributed by atoms with van der Waals surface area (Å²) in [7, 11) is 0. The third-order valence-corrected chi connectivity index (χ3v) is 5.55. The van der Waals surface area contributed by atoms with Crippen LogP contribution in [0.1, 0.15) is 12.0 Å². The number of hydrogen-bond donors (Lipinski definition) is 2. The van der Waals surface area contributed by atoms with Crippen LogP contribution in [0.15, 0.2) is 42.5 Å². The fourth-order valence-corrected chi connectivity index (χ4v) is 4.47. The van der Waals surface area contributed by atoms with Crippen LogP contribution in [-0.4, -0.2) is 17.0 Å². The summed E-state index contributed by atoms with van der Waals surface area (Å²) in [5.74, 6) is -0.751. The SMILES string of the molecule is O=C(O)[C@H]1[C@@H]2C=C[C@@H]([C@H]3C[C@H]23)[C@@H]1C(=O)NCc1ccccc1. The van der Waals surface area contributed by atoms with Crippen molar-refractivity contribution in [2.24, 2.45) is 35.5 Å². The van der Waals surface area contributed by atoms with Crippen molar-refractivity contribution in [3.63, 3.8) is 0 Å². The third kappa shape index (κ3) is 2.05. The quantitative estimate of drug-likeness (QED) is 0.836. The summed E-state index contributed by atoms with van der Waals surface area (Å²) in [6.07, 6.45) is 5.21. The van der Waals surface area contributed by atoms with Crippen molar-refractivity contribution in [3.8, 4) is 0 Å². The van der Waals surface area contributed by atoms with Crippen LogP contribution in [0.2, 0.25) is 0 Å². The molecule has 6 atom stereocenters. The fourth-order valence-electron chi connectivity index (χ4n) is 4.47. The zero-order valence-electron chi connectivity index (χ0n) is 12.2. The summed E-state index contributed by atoms with van der Waals surface area (Å²) in [4.78, 5) is 24.3. The Morgan fingerprint density at radius 1 is 1.05 bits per heavy atom. The smallest absolute Gasteiger partial charge is 0.307 e. The molecular formula is C18H19NO3. The first-order valence-corrected chi connectivity index (χ1v) is 7.89. The van der Waals surface area contributed by atoms with Crippen LogP contribution in [0.4, 0.5) is 0 Å². The molecule has 4 aliphatic rings. The maximum absolute atomic E-state index is 12.6. The van der Waals surface area contributed by atoms with Crippen molar-refractivity contribution in [3.05, 3.63) is 48.0 Å². The monoisotopic (exact) mass is 297 g/mol. The summed E-state index contributed by atoms with van der Waals surface area (Å²) < 4.78 is 0. The molecular weight excluding hydrogens is 278 g/mol. The molecule has 2 N–H and O–H groups in total. The van der Waals surface area contributed by atoms with E-state index in [2.05, 4.69) is 11.4 Å². The lowest BCUT2D eigenvalue weighted by Crippen LogP contribution is -2.49. The van der Waals surface area contributed by atoms with E-state index in [9.17, 15) is 14.7 Å². The van der Waals surface area contributed by atoms with Crippen LogP contribution >= 0.6 is 0 Å². The number of allylic oxidation sites excluding steroid dienone is 2. The summed E-state index contributed by atoms with van der Waals surface area (Å²) in [6, 6.07) is 9.71. The predicted octanol–water partition coefficient (Wildman–Crippen LogP) is 2.07. The number of amides is 1. The molecule has 0 heterocycles. The number of carboxylic acid groups (broad SMARTS) is 1. The number of carbonyl (C=O) groups excluding carboxylic acids is 1. The normalized spacial score (nSPS) is 37.5. The lowest BCUT2D eigenvalue weighted by atomic mass is 9.62. The first-order chi connectivity index (χ1) is 10.7. The van der Waals surface area contributed by atoms with Crippen molar-refractivity contribution in [1.82, 2.24) is 5.32 Å². The number of rotatable bonds is 4. The molecule has 0 unspecified atom stereocenters. The van der Waals surface area contributed by atoms with E-state index in [1.807, 2.05) is 36.4 Å². The molecule has 2 bridgehead atoms. The number of carboxylic acids is 1. The zero-order valence-corrected chi connectivity index (χ0v) is 12.2. The summed E-state index contributed by atoms with van der Waals surface area (Å²) in [5.41, 5.74) is 1.03. The number of carbonyl (C=O) groups is 2. The molecule has 4 aliphatic carbocycles. The van der Waals surface area contributed by atoms with Crippen LogP contribution in [0, 0.1) is 35.5 Å². The van der Waals surface area contributed by atoms with Gasteiger partial charge in [0.05, 0.1) is 11.8 Å². The van der Waals surface area contributed by atoms with E-state index in [4.69, 9.17) is 0 Å². The van der Waals surface area contributed by atoms with Crippen molar-refractivity contribution < 1.29 is 14.7 Å². The Kier molecular flexibility index (Phi) is 3.06. The highest BCUT2D eigenvalue weighted by atomic mass is 16.4. The lowest BCUT2D eigenvalue weighted by molar-refractivity contribution is -0.153. The van der Waals surface area contributed by atoms with Gasteiger partial charge in [-0.05, 0) is 35.7 Å². The van der Waals surface area contributed by atoms with E-state index in [-0.39, 0.29) is 17.7 Å². The molecule has 1 amide bonds. The Morgan fingerprint density at radius 2 is 1.68 bits per heavy atom. The number of benzene rings is 1. The lowest BCUT2D eigenvalue weighted by Gasteiger charge is -2.41. The molecule has 0 radical (unpaired) electrons. The first-order valence-electron chi connectivity index (χ1n) is 7.89.